The second kappa shape index (κ2) is 14.8. The van der Waals surface area contributed by atoms with Crippen molar-refractivity contribution in [2.45, 2.75) is 50.9 Å². The van der Waals surface area contributed by atoms with Gasteiger partial charge >= 0.3 is 0 Å². The molecular weight excluding hydrogens is 823 g/mol. The maximum atomic E-state index is 6.98. The summed E-state index contributed by atoms with van der Waals surface area (Å²) in [5.74, 6) is 0. The van der Waals surface area contributed by atoms with Crippen LogP contribution in [0.1, 0.15) is 73.6 Å². The van der Waals surface area contributed by atoms with Crippen molar-refractivity contribution in [3.63, 3.8) is 0 Å². The van der Waals surface area contributed by atoms with Crippen LogP contribution in [-0.2, 0) is 16.2 Å². The zero-order chi connectivity index (χ0) is 45.9. The van der Waals surface area contributed by atoms with Gasteiger partial charge in [0.2, 0.25) is 0 Å². The number of nitrogens with zero attached hydrogens (tertiary/aromatic N) is 1. The molecule has 2 nitrogen and oxygen atoms in total. The summed E-state index contributed by atoms with van der Waals surface area (Å²) in [7, 11) is 0. The SMILES string of the molecule is CC(C)(C)c1cccc2c1oc1cc(N(c3ccc4c(c3)-c3ccccc3C4(c3ccccc3)c3ccccc3)c3ccc4ccccc4c3-c3ccc4c(c3)-c3ccccc3C4(C)C)ccc12. The minimum absolute atomic E-state index is 0.0801. The number of benzene rings is 10. The molecule has 0 saturated carbocycles. The highest BCUT2D eigenvalue weighted by molar-refractivity contribution is 6.10. The van der Waals surface area contributed by atoms with Crippen LogP contribution in [0.25, 0.3) is 66.1 Å². The molecule has 0 N–H and O–H groups in total. The van der Waals surface area contributed by atoms with E-state index in [1.54, 1.807) is 0 Å². The van der Waals surface area contributed by atoms with Crippen LogP contribution in [0.3, 0.4) is 0 Å². The van der Waals surface area contributed by atoms with E-state index >= 15 is 0 Å². The Morgan fingerprint density at radius 3 is 1.75 bits per heavy atom. The molecule has 0 unspecified atom stereocenters. The third kappa shape index (κ3) is 5.77. The lowest BCUT2D eigenvalue weighted by Crippen LogP contribution is -2.28. The van der Waals surface area contributed by atoms with E-state index < -0.39 is 5.41 Å². The lowest BCUT2D eigenvalue weighted by atomic mass is 9.68. The fourth-order valence-electron chi connectivity index (χ4n) is 12.1. The van der Waals surface area contributed by atoms with Gasteiger partial charge in [0.05, 0.1) is 11.1 Å². The maximum Gasteiger partial charge on any atom is 0.139 e. The van der Waals surface area contributed by atoms with Crippen molar-refractivity contribution in [1.82, 2.24) is 0 Å². The molecule has 2 aliphatic rings. The Bertz CT molecular complexity index is 3770. The average Bonchev–Trinajstić information content (AvgIpc) is 3.97. The van der Waals surface area contributed by atoms with Gasteiger partial charge in [0.25, 0.3) is 0 Å². The molecule has 0 bridgehead atoms. The van der Waals surface area contributed by atoms with E-state index in [2.05, 4.69) is 258 Å². The molecule has 326 valence electrons. The molecule has 1 aromatic heterocycles. The molecule has 0 spiro atoms. The first-order valence-electron chi connectivity index (χ1n) is 24.0. The summed E-state index contributed by atoms with van der Waals surface area (Å²) in [5, 5.41) is 4.67. The zero-order valence-electron chi connectivity index (χ0n) is 39.1. The average molecular weight is 874 g/mol. The number of hydrogen-bond acceptors (Lipinski definition) is 2. The predicted molar refractivity (Wildman–Crippen MR) is 285 cm³/mol. The quantitative estimate of drug-likeness (QED) is 0.165. The van der Waals surface area contributed by atoms with E-state index in [4.69, 9.17) is 4.42 Å². The number of fused-ring (bicyclic) bond motifs is 10. The molecule has 68 heavy (non-hydrogen) atoms. The summed E-state index contributed by atoms with van der Waals surface area (Å²) >= 11 is 0. The van der Waals surface area contributed by atoms with Gasteiger partial charge in [0, 0.05) is 44.8 Å². The molecule has 10 aromatic carbocycles. The lowest BCUT2D eigenvalue weighted by molar-refractivity contribution is 0.573. The molecule has 13 rings (SSSR count). The number of para-hydroxylation sites is 1. The normalized spacial score (nSPS) is 14.2. The minimum Gasteiger partial charge on any atom is -0.456 e. The van der Waals surface area contributed by atoms with E-state index in [9.17, 15) is 0 Å². The van der Waals surface area contributed by atoms with Crippen LogP contribution in [0.5, 0.6) is 0 Å². The largest absolute Gasteiger partial charge is 0.456 e. The van der Waals surface area contributed by atoms with Crippen molar-refractivity contribution in [2.75, 3.05) is 4.90 Å². The summed E-state index contributed by atoms with van der Waals surface area (Å²) in [6, 6.07) is 81.4. The topological polar surface area (TPSA) is 16.4 Å². The molecule has 0 radical (unpaired) electrons. The second-order valence-electron chi connectivity index (χ2n) is 20.4. The summed E-state index contributed by atoms with van der Waals surface area (Å²) in [6.45, 7) is 11.5. The third-order valence-corrected chi connectivity index (χ3v) is 15.3. The van der Waals surface area contributed by atoms with E-state index in [-0.39, 0.29) is 10.8 Å². The van der Waals surface area contributed by atoms with E-state index in [1.165, 1.54) is 83.1 Å². The van der Waals surface area contributed by atoms with Crippen LogP contribution < -0.4 is 4.90 Å². The van der Waals surface area contributed by atoms with Crippen LogP contribution in [0.4, 0.5) is 17.1 Å². The first-order chi connectivity index (χ1) is 33.1. The summed E-state index contributed by atoms with van der Waals surface area (Å²) in [5.41, 5.74) is 20.9. The van der Waals surface area contributed by atoms with Gasteiger partial charge < -0.3 is 9.32 Å². The molecule has 0 saturated heterocycles. The third-order valence-electron chi connectivity index (χ3n) is 15.3. The molecule has 0 atom stereocenters. The van der Waals surface area contributed by atoms with E-state index in [0.29, 0.717) is 0 Å². The Balaban J connectivity index is 1.10. The first-order valence-corrected chi connectivity index (χ1v) is 24.0. The molecule has 0 fully saturated rings. The van der Waals surface area contributed by atoms with Crippen molar-refractivity contribution in [2.24, 2.45) is 0 Å². The molecular formula is C66H51NO. The van der Waals surface area contributed by atoms with Gasteiger partial charge in [0.15, 0.2) is 0 Å². The van der Waals surface area contributed by atoms with Gasteiger partial charge in [-0.05, 0) is 114 Å². The monoisotopic (exact) mass is 873 g/mol. The van der Waals surface area contributed by atoms with Crippen LogP contribution in [0.2, 0.25) is 0 Å². The van der Waals surface area contributed by atoms with Crippen molar-refractivity contribution in [1.29, 1.82) is 0 Å². The molecule has 1 heterocycles. The van der Waals surface area contributed by atoms with Crippen LogP contribution >= 0.6 is 0 Å². The van der Waals surface area contributed by atoms with Crippen LogP contribution in [-0.4, -0.2) is 0 Å². The van der Waals surface area contributed by atoms with E-state index in [1.807, 2.05) is 0 Å². The number of anilines is 3. The highest BCUT2D eigenvalue weighted by atomic mass is 16.3. The number of hydrogen-bond donors (Lipinski definition) is 0. The second-order valence-corrected chi connectivity index (χ2v) is 20.4. The Kier molecular flexibility index (Phi) is 8.77. The summed E-state index contributed by atoms with van der Waals surface area (Å²) in [6.07, 6.45) is 0. The smallest absolute Gasteiger partial charge is 0.139 e. The summed E-state index contributed by atoms with van der Waals surface area (Å²) in [4.78, 5) is 2.48. The van der Waals surface area contributed by atoms with Crippen LogP contribution in [0, 0.1) is 0 Å². The van der Waals surface area contributed by atoms with Crippen molar-refractivity contribution < 1.29 is 4.42 Å². The van der Waals surface area contributed by atoms with Gasteiger partial charge in [-0.15, -0.1) is 0 Å². The minimum atomic E-state index is -0.502. The maximum absolute atomic E-state index is 6.98. The van der Waals surface area contributed by atoms with Gasteiger partial charge in [-0.25, -0.2) is 0 Å². The Morgan fingerprint density at radius 2 is 1.00 bits per heavy atom. The molecule has 2 heteroatoms. The fraction of sp³-hybridized carbons (Fsp3) is 0.121. The van der Waals surface area contributed by atoms with Crippen molar-refractivity contribution in [3.05, 3.63) is 257 Å². The predicted octanol–water partition coefficient (Wildman–Crippen LogP) is 17.8. The summed E-state index contributed by atoms with van der Waals surface area (Å²) < 4.78 is 6.98. The Labute approximate surface area is 398 Å². The van der Waals surface area contributed by atoms with Crippen molar-refractivity contribution in [3.8, 4) is 33.4 Å². The number of furan rings is 1. The van der Waals surface area contributed by atoms with Crippen molar-refractivity contribution >= 4 is 49.8 Å². The van der Waals surface area contributed by atoms with Crippen LogP contribution in [0.15, 0.2) is 223 Å². The standard InChI is InChI=1S/C66H51NO/c1-64(2,3)59-30-18-27-52-51-35-33-47(41-61(51)68-63(52)59)67(46-34-37-58-54(40-46)50-26-15-17-29-57(50)66(58,44-20-8-6-9-21-44)45-22-10-7-11-23-45)60-38-32-42-19-12-13-24-48(42)62(60)43-31-36-56-53(39-43)49-25-14-16-28-55(49)65(56,4)5/h6-41H,1-5H3. The van der Waals surface area contributed by atoms with E-state index in [0.717, 1.165) is 39.0 Å². The first kappa shape index (κ1) is 40.3. The lowest BCUT2D eigenvalue weighted by Gasteiger charge is -2.34. The molecule has 0 amide bonds. The zero-order valence-corrected chi connectivity index (χ0v) is 39.1. The highest BCUT2D eigenvalue weighted by Gasteiger charge is 2.46. The number of rotatable bonds is 6. The highest BCUT2D eigenvalue weighted by Crippen LogP contribution is 2.58. The van der Waals surface area contributed by atoms with Gasteiger partial charge in [-0.1, -0.05) is 211 Å². The molecule has 0 aliphatic heterocycles. The van der Waals surface area contributed by atoms with Gasteiger partial charge in [-0.2, -0.15) is 0 Å². The van der Waals surface area contributed by atoms with Gasteiger partial charge in [0.1, 0.15) is 11.2 Å². The Morgan fingerprint density at radius 1 is 0.426 bits per heavy atom. The molecule has 2 aliphatic carbocycles. The Hall–Kier alpha value is -7.94. The van der Waals surface area contributed by atoms with Gasteiger partial charge in [-0.3, -0.25) is 0 Å². The fourth-order valence-corrected chi connectivity index (χ4v) is 12.1. The molecule has 11 aromatic rings.